The first kappa shape index (κ1) is 17.9. The number of carbonyl (C=O) groups excluding carboxylic acids is 2. The van der Waals surface area contributed by atoms with Gasteiger partial charge in [0.25, 0.3) is 5.91 Å². The minimum absolute atomic E-state index is 0.0772. The first-order valence-electron chi connectivity index (χ1n) is 8.67. The third kappa shape index (κ3) is 3.41. The highest BCUT2D eigenvalue weighted by Gasteiger charge is 2.44. The van der Waals surface area contributed by atoms with Crippen LogP contribution in [0.1, 0.15) is 28.6 Å². The second kappa shape index (κ2) is 7.58. The van der Waals surface area contributed by atoms with Gasteiger partial charge in [0, 0.05) is 13.0 Å². The van der Waals surface area contributed by atoms with E-state index in [4.69, 9.17) is 4.42 Å². The number of amides is 1. The van der Waals surface area contributed by atoms with Gasteiger partial charge in [-0.1, -0.05) is 30.3 Å². The van der Waals surface area contributed by atoms with Crippen LogP contribution in [0.3, 0.4) is 0 Å². The maximum atomic E-state index is 12.9. The number of aliphatic hydroxyl groups is 1. The number of furan rings is 1. The van der Waals surface area contributed by atoms with Gasteiger partial charge in [0.05, 0.1) is 38.5 Å². The molecule has 0 fully saturated rings. The largest absolute Gasteiger partial charge is 0.503 e. The van der Waals surface area contributed by atoms with Gasteiger partial charge in [0.2, 0.25) is 5.78 Å². The fourth-order valence-electron chi connectivity index (χ4n) is 3.24. The Labute approximate surface area is 152 Å². The maximum absolute atomic E-state index is 12.9. The number of rotatable bonds is 7. The molecule has 1 aliphatic heterocycles. The number of hydrogen-bond donors (Lipinski definition) is 2. The van der Waals surface area contributed by atoms with Crippen molar-refractivity contribution in [3.63, 3.8) is 0 Å². The molecule has 0 radical (unpaired) electrons. The molecule has 2 N–H and O–H groups in total. The predicted octanol–water partition coefficient (Wildman–Crippen LogP) is 1.39. The van der Waals surface area contributed by atoms with Crippen molar-refractivity contribution in [2.45, 2.75) is 12.5 Å². The lowest BCUT2D eigenvalue weighted by molar-refractivity contribution is -0.858. The monoisotopic (exact) mass is 355 g/mol. The van der Waals surface area contributed by atoms with Crippen molar-refractivity contribution in [2.75, 3.05) is 27.2 Å². The van der Waals surface area contributed by atoms with Gasteiger partial charge in [-0.05, 0) is 17.7 Å². The lowest BCUT2D eigenvalue weighted by atomic mass is 9.95. The Morgan fingerprint density at radius 2 is 1.92 bits per heavy atom. The van der Waals surface area contributed by atoms with Crippen molar-refractivity contribution in [1.29, 1.82) is 0 Å². The van der Waals surface area contributed by atoms with Crippen molar-refractivity contribution in [3.05, 3.63) is 71.4 Å². The fraction of sp³-hybridized carbons (Fsp3) is 0.300. The van der Waals surface area contributed by atoms with Crippen LogP contribution >= 0.6 is 0 Å². The van der Waals surface area contributed by atoms with Gasteiger partial charge in [0.1, 0.15) is 0 Å². The van der Waals surface area contributed by atoms with Gasteiger partial charge < -0.3 is 19.3 Å². The third-order valence-electron chi connectivity index (χ3n) is 4.48. The van der Waals surface area contributed by atoms with Crippen molar-refractivity contribution in [2.24, 2.45) is 0 Å². The van der Waals surface area contributed by atoms with Gasteiger partial charge in [-0.2, -0.15) is 0 Å². The summed E-state index contributed by atoms with van der Waals surface area (Å²) in [6, 6.07) is 11.8. The summed E-state index contributed by atoms with van der Waals surface area (Å²) >= 11 is 0. The summed E-state index contributed by atoms with van der Waals surface area (Å²) in [5.74, 6) is -1.35. The smallest absolute Gasteiger partial charge is 0.290 e. The molecule has 0 saturated heterocycles. The fourth-order valence-corrected chi connectivity index (χ4v) is 3.24. The average Bonchev–Trinajstić information content (AvgIpc) is 3.24. The standard InChI is InChI=1S/C20H22N2O4/c1-21(2)11-7-12-22-17(14-8-4-3-5-9-14)16(19(24)20(22)25)18(23)15-10-6-13-26-15/h3-6,8-10,13,17,24H,7,11-12H2,1-2H3/p+1/t17-/m0/s1. The Morgan fingerprint density at radius 3 is 2.54 bits per heavy atom. The van der Waals surface area contributed by atoms with Crippen LogP contribution in [0.15, 0.2) is 64.5 Å². The van der Waals surface area contributed by atoms with Gasteiger partial charge in [0.15, 0.2) is 11.5 Å². The number of ketones is 1. The van der Waals surface area contributed by atoms with Crippen molar-refractivity contribution < 1.29 is 24.0 Å². The van der Waals surface area contributed by atoms with E-state index in [-0.39, 0.29) is 11.3 Å². The molecule has 6 heteroatoms. The Morgan fingerprint density at radius 1 is 1.19 bits per heavy atom. The first-order chi connectivity index (χ1) is 12.5. The van der Waals surface area contributed by atoms with E-state index in [1.807, 2.05) is 44.4 Å². The number of aliphatic hydroxyl groups excluding tert-OH is 1. The molecular weight excluding hydrogens is 332 g/mol. The van der Waals surface area contributed by atoms with Crippen molar-refractivity contribution >= 4 is 11.7 Å². The summed E-state index contributed by atoms with van der Waals surface area (Å²) in [7, 11) is 4.09. The van der Waals surface area contributed by atoms with E-state index < -0.39 is 23.5 Å². The zero-order valence-electron chi connectivity index (χ0n) is 14.9. The minimum atomic E-state index is -0.613. The summed E-state index contributed by atoms with van der Waals surface area (Å²) < 4.78 is 5.20. The minimum Gasteiger partial charge on any atom is -0.503 e. The maximum Gasteiger partial charge on any atom is 0.290 e. The van der Waals surface area contributed by atoms with Gasteiger partial charge in [-0.25, -0.2) is 0 Å². The molecule has 1 aliphatic rings. The zero-order valence-corrected chi connectivity index (χ0v) is 14.9. The average molecular weight is 355 g/mol. The predicted molar refractivity (Wildman–Crippen MR) is 95.9 cm³/mol. The third-order valence-corrected chi connectivity index (χ3v) is 4.48. The number of nitrogens with one attached hydrogen (secondary N) is 1. The molecule has 0 bridgehead atoms. The molecule has 6 nitrogen and oxygen atoms in total. The molecule has 0 aliphatic carbocycles. The first-order valence-corrected chi connectivity index (χ1v) is 8.67. The number of Topliss-reactive ketones (excluding diaryl/α,β-unsaturated/α-hetero) is 1. The van der Waals surface area contributed by atoms with Gasteiger partial charge >= 0.3 is 0 Å². The summed E-state index contributed by atoms with van der Waals surface area (Å²) in [5, 5.41) is 10.5. The van der Waals surface area contributed by atoms with E-state index in [9.17, 15) is 14.7 Å². The normalized spacial score (nSPS) is 17.4. The van der Waals surface area contributed by atoms with Gasteiger partial charge in [-0.3, -0.25) is 9.59 Å². The molecule has 0 spiro atoms. The number of benzene rings is 1. The molecule has 3 rings (SSSR count). The van der Waals surface area contributed by atoms with Crippen LogP contribution in [0.5, 0.6) is 0 Å². The number of carbonyl (C=O) groups is 2. The van der Waals surface area contributed by atoms with Crippen LogP contribution in [-0.2, 0) is 4.79 Å². The molecule has 1 aromatic carbocycles. The van der Waals surface area contributed by atoms with E-state index in [1.165, 1.54) is 17.2 Å². The Bertz CT molecular complexity index is 810. The number of hydrogen-bond acceptors (Lipinski definition) is 4. The van der Waals surface area contributed by atoms with Crippen LogP contribution in [-0.4, -0.2) is 48.9 Å². The molecule has 1 atom stereocenters. The Hall–Kier alpha value is -2.86. The van der Waals surface area contributed by atoms with Gasteiger partial charge in [-0.15, -0.1) is 0 Å². The van der Waals surface area contributed by atoms with E-state index in [1.54, 1.807) is 11.0 Å². The molecular formula is C20H23N2O4+. The van der Waals surface area contributed by atoms with E-state index in [0.29, 0.717) is 6.54 Å². The van der Waals surface area contributed by atoms with Crippen LogP contribution in [0.4, 0.5) is 0 Å². The highest BCUT2D eigenvalue weighted by atomic mass is 16.3. The molecule has 2 aromatic rings. The van der Waals surface area contributed by atoms with Crippen molar-refractivity contribution in [3.8, 4) is 0 Å². The van der Waals surface area contributed by atoms with Crippen LogP contribution in [0.25, 0.3) is 0 Å². The zero-order chi connectivity index (χ0) is 18.7. The molecule has 0 saturated carbocycles. The van der Waals surface area contributed by atoms with E-state index in [0.717, 1.165) is 18.5 Å². The van der Waals surface area contributed by atoms with E-state index in [2.05, 4.69) is 0 Å². The summed E-state index contributed by atoms with van der Waals surface area (Å²) in [5.41, 5.74) is 0.866. The molecule has 0 unspecified atom stereocenters. The SMILES string of the molecule is C[NH+](C)CCCN1C(=O)C(O)=C(C(=O)c2ccco2)[C@@H]1c1ccccc1. The Balaban J connectivity index is 1.97. The second-order valence-electron chi connectivity index (χ2n) is 6.69. The molecule has 136 valence electrons. The summed E-state index contributed by atoms with van der Waals surface area (Å²) in [6.07, 6.45) is 2.17. The lowest BCUT2D eigenvalue weighted by Crippen LogP contribution is -3.05. The topological polar surface area (TPSA) is 75.2 Å². The van der Waals surface area contributed by atoms with Crippen LogP contribution in [0.2, 0.25) is 0 Å². The quantitative estimate of drug-likeness (QED) is 0.736. The highest BCUT2D eigenvalue weighted by molar-refractivity contribution is 6.14. The molecule has 26 heavy (non-hydrogen) atoms. The molecule has 1 amide bonds. The molecule has 1 aromatic heterocycles. The van der Waals surface area contributed by atoms with E-state index >= 15 is 0 Å². The second-order valence-corrected chi connectivity index (χ2v) is 6.69. The Kier molecular flexibility index (Phi) is 5.23. The molecule has 2 heterocycles. The highest BCUT2D eigenvalue weighted by Crippen LogP contribution is 2.38. The summed E-state index contributed by atoms with van der Waals surface area (Å²) in [4.78, 5) is 28.4. The van der Waals surface area contributed by atoms with Crippen molar-refractivity contribution in [1.82, 2.24) is 4.90 Å². The summed E-state index contributed by atoms with van der Waals surface area (Å²) in [6.45, 7) is 1.34. The number of nitrogens with zero attached hydrogens (tertiary/aromatic N) is 1. The van der Waals surface area contributed by atoms with Crippen LogP contribution in [0, 0.1) is 0 Å². The lowest BCUT2D eigenvalue weighted by Gasteiger charge is -2.26. The van der Waals surface area contributed by atoms with Crippen LogP contribution < -0.4 is 4.90 Å². The number of quaternary nitrogens is 1.